The number of fused-ring (bicyclic) bond motifs is 1. The molecule has 4 atom stereocenters. The van der Waals surface area contributed by atoms with Gasteiger partial charge in [-0.25, -0.2) is 0 Å². The lowest BCUT2D eigenvalue weighted by Crippen LogP contribution is -2.25. The van der Waals surface area contributed by atoms with E-state index in [2.05, 4.69) is 0 Å². The molecule has 3 rings (SSSR count). The molecule has 19 heavy (non-hydrogen) atoms. The number of hydrogen-bond acceptors (Lipinski definition) is 4. The molecular weight excluding hydrogens is 244 g/mol. The first-order chi connectivity index (χ1) is 9.24. The second-order valence-electron chi connectivity index (χ2n) is 5.36. The third-order valence-electron chi connectivity index (χ3n) is 4.10. The number of aliphatic hydroxyl groups is 1. The summed E-state index contributed by atoms with van der Waals surface area (Å²) in [6.45, 7) is 1.02. The molecule has 1 saturated carbocycles. The fraction of sp³-hybridized carbons (Fsp3) is 0.533. The van der Waals surface area contributed by atoms with Gasteiger partial charge in [-0.15, -0.1) is 0 Å². The van der Waals surface area contributed by atoms with Gasteiger partial charge in [0.15, 0.2) is 0 Å². The van der Waals surface area contributed by atoms with Crippen molar-refractivity contribution < 1.29 is 19.4 Å². The van der Waals surface area contributed by atoms with Gasteiger partial charge in [-0.1, -0.05) is 30.3 Å². The summed E-state index contributed by atoms with van der Waals surface area (Å²) in [4.78, 5) is 11.3. The molecule has 102 valence electrons. The molecule has 1 aromatic carbocycles. The van der Waals surface area contributed by atoms with E-state index in [0.717, 1.165) is 5.56 Å². The summed E-state index contributed by atoms with van der Waals surface area (Å²) in [5.74, 6) is -0.00612. The Morgan fingerprint density at radius 3 is 2.89 bits per heavy atom. The van der Waals surface area contributed by atoms with Crippen LogP contribution in [0.15, 0.2) is 30.3 Å². The average molecular weight is 262 g/mol. The molecule has 0 bridgehead atoms. The van der Waals surface area contributed by atoms with Crippen LogP contribution in [0.4, 0.5) is 0 Å². The van der Waals surface area contributed by atoms with Crippen LogP contribution in [0.3, 0.4) is 0 Å². The van der Waals surface area contributed by atoms with E-state index in [9.17, 15) is 9.90 Å². The summed E-state index contributed by atoms with van der Waals surface area (Å²) < 4.78 is 10.9. The number of hydrogen-bond donors (Lipinski definition) is 1. The minimum Gasteiger partial charge on any atom is -0.462 e. The fourth-order valence-corrected chi connectivity index (χ4v) is 3.10. The highest BCUT2D eigenvalue weighted by molar-refractivity contribution is 5.72. The Morgan fingerprint density at radius 2 is 2.11 bits per heavy atom. The standard InChI is InChI=1S/C15H18O4/c16-13-7-14-11(6-15(17)19-14)12(13)9-18-8-10-4-2-1-3-5-10/h1-5,11-14,16H,6-9H2/t11?,12?,13?,14-/m0/s1. The molecule has 1 heterocycles. The molecule has 0 aromatic heterocycles. The van der Waals surface area contributed by atoms with Crippen LogP contribution < -0.4 is 0 Å². The number of aliphatic hydroxyl groups excluding tert-OH is 1. The van der Waals surface area contributed by atoms with E-state index in [0.29, 0.717) is 26.1 Å². The third-order valence-corrected chi connectivity index (χ3v) is 4.10. The number of carbonyl (C=O) groups excluding carboxylic acids is 1. The SMILES string of the molecule is O=C1CC2C(COCc3ccccc3)C(O)C[C@@H]2O1. The van der Waals surface area contributed by atoms with E-state index in [1.165, 1.54) is 0 Å². The maximum Gasteiger partial charge on any atom is 0.306 e. The zero-order valence-corrected chi connectivity index (χ0v) is 10.7. The Hall–Kier alpha value is -1.39. The van der Waals surface area contributed by atoms with Gasteiger partial charge in [0, 0.05) is 18.3 Å². The van der Waals surface area contributed by atoms with Crippen molar-refractivity contribution >= 4 is 5.97 Å². The number of rotatable bonds is 4. The zero-order chi connectivity index (χ0) is 13.2. The van der Waals surface area contributed by atoms with Crippen LogP contribution in [0.1, 0.15) is 18.4 Å². The largest absolute Gasteiger partial charge is 0.462 e. The molecule has 4 nitrogen and oxygen atoms in total. The van der Waals surface area contributed by atoms with Gasteiger partial charge in [0.25, 0.3) is 0 Å². The molecule has 1 aromatic rings. The highest BCUT2D eigenvalue weighted by Gasteiger charge is 2.49. The smallest absolute Gasteiger partial charge is 0.306 e. The van der Waals surface area contributed by atoms with Crippen molar-refractivity contribution in [3.8, 4) is 0 Å². The first kappa shape index (κ1) is 12.6. The van der Waals surface area contributed by atoms with Crippen molar-refractivity contribution in [2.45, 2.75) is 31.7 Å². The first-order valence-corrected chi connectivity index (χ1v) is 6.73. The maximum absolute atomic E-state index is 11.3. The molecule has 1 aliphatic carbocycles. The van der Waals surface area contributed by atoms with Crippen molar-refractivity contribution in [2.75, 3.05) is 6.61 Å². The first-order valence-electron chi connectivity index (χ1n) is 6.73. The summed E-state index contributed by atoms with van der Waals surface area (Å²) in [5.41, 5.74) is 1.12. The molecule has 0 amide bonds. The molecule has 0 radical (unpaired) electrons. The zero-order valence-electron chi connectivity index (χ0n) is 10.7. The predicted molar refractivity (Wildman–Crippen MR) is 68.2 cm³/mol. The van der Waals surface area contributed by atoms with E-state index in [4.69, 9.17) is 9.47 Å². The van der Waals surface area contributed by atoms with Crippen LogP contribution in [0, 0.1) is 11.8 Å². The van der Waals surface area contributed by atoms with Crippen molar-refractivity contribution in [1.82, 2.24) is 0 Å². The van der Waals surface area contributed by atoms with Gasteiger partial charge in [-0.3, -0.25) is 4.79 Å². The van der Waals surface area contributed by atoms with Gasteiger partial charge in [0.1, 0.15) is 6.10 Å². The van der Waals surface area contributed by atoms with Crippen LogP contribution in [-0.4, -0.2) is 29.9 Å². The third kappa shape index (κ3) is 2.65. The lowest BCUT2D eigenvalue weighted by atomic mass is 9.93. The van der Waals surface area contributed by atoms with Crippen molar-refractivity contribution in [2.24, 2.45) is 11.8 Å². The number of ether oxygens (including phenoxy) is 2. The lowest BCUT2D eigenvalue weighted by molar-refractivity contribution is -0.141. The molecule has 2 fully saturated rings. The number of benzene rings is 1. The Labute approximate surface area is 112 Å². The van der Waals surface area contributed by atoms with E-state index in [-0.39, 0.29) is 23.9 Å². The molecule has 1 N–H and O–H groups in total. The molecule has 2 aliphatic rings. The fourth-order valence-electron chi connectivity index (χ4n) is 3.10. The second-order valence-corrected chi connectivity index (χ2v) is 5.36. The van der Waals surface area contributed by atoms with Crippen LogP contribution in [-0.2, 0) is 20.9 Å². The van der Waals surface area contributed by atoms with Gasteiger partial charge < -0.3 is 14.6 Å². The van der Waals surface area contributed by atoms with Crippen molar-refractivity contribution in [1.29, 1.82) is 0 Å². The predicted octanol–water partition coefficient (Wildman–Crippen LogP) is 1.52. The van der Waals surface area contributed by atoms with E-state index < -0.39 is 6.10 Å². The summed E-state index contributed by atoms with van der Waals surface area (Å²) in [5, 5.41) is 10.0. The Morgan fingerprint density at radius 1 is 1.32 bits per heavy atom. The summed E-state index contributed by atoms with van der Waals surface area (Å²) >= 11 is 0. The Bertz CT molecular complexity index is 445. The Balaban J connectivity index is 1.53. The highest BCUT2D eigenvalue weighted by Crippen LogP contribution is 2.41. The van der Waals surface area contributed by atoms with Crippen LogP contribution in [0.5, 0.6) is 0 Å². The molecular formula is C15H18O4. The molecule has 4 heteroatoms. The number of esters is 1. The Kier molecular flexibility index (Phi) is 3.53. The van der Waals surface area contributed by atoms with Gasteiger partial charge in [0.05, 0.1) is 25.7 Å². The molecule has 0 spiro atoms. The highest BCUT2D eigenvalue weighted by atomic mass is 16.6. The molecule has 3 unspecified atom stereocenters. The van der Waals surface area contributed by atoms with Gasteiger partial charge >= 0.3 is 5.97 Å². The molecule has 1 aliphatic heterocycles. The normalized spacial score (nSPS) is 33.2. The summed E-state index contributed by atoms with van der Waals surface area (Å²) in [6, 6.07) is 9.94. The average Bonchev–Trinajstić information content (AvgIpc) is 2.88. The summed E-state index contributed by atoms with van der Waals surface area (Å²) in [6.07, 6.45) is 0.448. The number of carbonyl (C=O) groups is 1. The van der Waals surface area contributed by atoms with E-state index in [1.54, 1.807) is 0 Å². The van der Waals surface area contributed by atoms with Gasteiger partial charge in [-0.2, -0.15) is 0 Å². The van der Waals surface area contributed by atoms with Crippen LogP contribution in [0.2, 0.25) is 0 Å². The lowest BCUT2D eigenvalue weighted by Gasteiger charge is -2.19. The van der Waals surface area contributed by atoms with E-state index in [1.807, 2.05) is 30.3 Å². The van der Waals surface area contributed by atoms with Crippen molar-refractivity contribution in [3.05, 3.63) is 35.9 Å². The van der Waals surface area contributed by atoms with Gasteiger partial charge in [0.2, 0.25) is 0 Å². The minimum atomic E-state index is -0.418. The van der Waals surface area contributed by atoms with Crippen molar-refractivity contribution in [3.63, 3.8) is 0 Å². The minimum absolute atomic E-state index is 0.0140. The topological polar surface area (TPSA) is 55.8 Å². The quantitative estimate of drug-likeness (QED) is 0.836. The second kappa shape index (κ2) is 5.31. The van der Waals surface area contributed by atoms with Gasteiger partial charge in [-0.05, 0) is 5.56 Å². The van der Waals surface area contributed by atoms with E-state index >= 15 is 0 Å². The monoisotopic (exact) mass is 262 g/mol. The van der Waals surface area contributed by atoms with Crippen LogP contribution in [0.25, 0.3) is 0 Å². The van der Waals surface area contributed by atoms with Crippen LogP contribution >= 0.6 is 0 Å². The molecule has 1 saturated heterocycles. The maximum atomic E-state index is 11.3. The summed E-state index contributed by atoms with van der Waals surface area (Å²) in [7, 11) is 0.